The van der Waals surface area contributed by atoms with Crippen LogP contribution in [0.25, 0.3) is 0 Å². The Hall–Kier alpha value is -0.340. The van der Waals surface area contributed by atoms with E-state index in [-0.39, 0.29) is 12.7 Å². The first-order valence-corrected chi connectivity index (χ1v) is 3.81. The maximum atomic E-state index is 9.15. The molecule has 2 nitrogen and oxygen atoms in total. The predicted octanol–water partition coefficient (Wildman–Crippen LogP) is 0.840. The summed E-state index contributed by atoms with van der Waals surface area (Å²) < 4.78 is 0. The van der Waals surface area contributed by atoms with Gasteiger partial charge in [0.05, 0.1) is 6.10 Å². The molecule has 0 fully saturated rings. The molecule has 0 bridgehead atoms. The fourth-order valence-corrected chi connectivity index (χ4v) is 1.33. The van der Waals surface area contributed by atoms with Gasteiger partial charge in [-0.25, -0.2) is 0 Å². The Morgan fingerprint density at radius 1 is 1.60 bits per heavy atom. The third kappa shape index (κ3) is 2.12. The van der Waals surface area contributed by atoms with Crippen LogP contribution in [0.1, 0.15) is 25.7 Å². The van der Waals surface area contributed by atoms with Gasteiger partial charge in [-0.2, -0.15) is 0 Å². The quantitative estimate of drug-likeness (QED) is 0.561. The van der Waals surface area contributed by atoms with Gasteiger partial charge in [0.15, 0.2) is 0 Å². The Kier molecular flexibility index (Phi) is 2.90. The van der Waals surface area contributed by atoms with Gasteiger partial charge >= 0.3 is 0 Å². The summed E-state index contributed by atoms with van der Waals surface area (Å²) in [6.07, 6.45) is 5.35. The maximum Gasteiger partial charge on any atom is 0.0723 e. The van der Waals surface area contributed by atoms with Crippen LogP contribution in [0.5, 0.6) is 0 Å². The van der Waals surface area contributed by atoms with E-state index in [0.717, 1.165) is 25.7 Å². The Balaban J connectivity index is 2.41. The van der Waals surface area contributed by atoms with Crippen molar-refractivity contribution in [1.82, 2.24) is 0 Å². The van der Waals surface area contributed by atoms with Crippen LogP contribution >= 0.6 is 0 Å². The second kappa shape index (κ2) is 3.74. The van der Waals surface area contributed by atoms with E-state index in [1.807, 2.05) is 6.08 Å². The molecule has 1 aliphatic rings. The number of hydrogen-bond donors (Lipinski definition) is 2. The lowest BCUT2D eigenvalue weighted by Crippen LogP contribution is -2.09. The van der Waals surface area contributed by atoms with Gasteiger partial charge in [0.25, 0.3) is 0 Å². The van der Waals surface area contributed by atoms with Gasteiger partial charge in [-0.3, -0.25) is 0 Å². The van der Waals surface area contributed by atoms with Crippen LogP contribution in [0, 0.1) is 0 Å². The average molecular weight is 142 g/mol. The summed E-state index contributed by atoms with van der Waals surface area (Å²) in [4.78, 5) is 0. The average Bonchev–Trinajstić information content (AvgIpc) is 1.88. The van der Waals surface area contributed by atoms with Gasteiger partial charge in [-0.1, -0.05) is 11.6 Å². The molecule has 10 heavy (non-hydrogen) atoms. The van der Waals surface area contributed by atoms with E-state index in [2.05, 4.69) is 0 Å². The zero-order valence-corrected chi connectivity index (χ0v) is 6.08. The summed E-state index contributed by atoms with van der Waals surface area (Å²) in [5.74, 6) is 0. The normalized spacial score (nSPS) is 26.2. The predicted molar refractivity (Wildman–Crippen MR) is 39.6 cm³/mol. The lowest BCUT2D eigenvalue weighted by Gasteiger charge is -2.15. The maximum absolute atomic E-state index is 9.15. The highest BCUT2D eigenvalue weighted by molar-refractivity contribution is 5.08. The zero-order chi connectivity index (χ0) is 7.40. The van der Waals surface area contributed by atoms with Crippen LogP contribution in [0.4, 0.5) is 0 Å². The summed E-state index contributed by atoms with van der Waals surface area (Å²) in [5, 5.41) is 17.7. The fourth-order valence-electron chi connectivity index (χ4n) is 1.33. The number of aliphatic hydroxyl groups is 2. The molecule has 1 unspecified atom stereocenters. The summed E-state index contributed by atoms with van der Waals surface area (Å²) in [5.41, 5.74) is 1.21. The molecule has 0 saturated carbocycles. The lowest BCUT2D eigenvalue weighted by molar-refractivity contribution is 0.200. The molecule has 0 aromatic carbocycles. The minimum absolute atomic E-state index is 0.207. The highest BCUT2D eigenvalue weighted by Gasteiger charge is 2.09. The Labute approximate surface area is 61.2 Å². The summed E-state index contributed by atoms with van der Waals surface area (Å²) in [6, 6.07) is 0. The Bertz CT molecular complexity index is 129. The molecule has 58 valence electrons. The van der Waals surface area contributed by atoms with Crippen LogP contribution in [0.3, 0.4) is 0 Å². The molecule has 0 aromatic rings. The van der Waals surface area contributed by atoms with Crippen molar-refractivity contribution >= 4 is 0 Å². The molecule has 0 aromatic heterocycles. The van der Waals surface area contributed by atoms with E-state index in [4.69, 9.17) is 10.2 Å². The van der Waals surface area contributed by atoms with Gasteiger partial charge in [0.1, 0.15) is 0 Å². The molecule has 0 heterocycles. The minimum atomic E-state index is -0.254. The molecule has 0 saturated heterocycles. The first kappa shape index (κ1) is 7.76. The summed E-state index contributed by atoms with van der Waals surface area (Å²) in [6.45, 7) is 0.207. The zero-order valence-electron chi connectivity index (χ0n) is 6.08. The summed E-state index contributed by atoms with van der Waals surface area (Å²) >= 11 is 0. The van der Waals surface area contributed by atoms with Gasteiger partial charge in [0.2, 0.25) is 0 Å². The molecule has 0 spiro atoms. The van der Waals surface area contributed by atoms with Crippen LogP contribution in [0.2, 0.25) is 0 Å². The van der Waals surface area contributed by atoms with Gasteiger partial charge in [0, 0.05) is 6.61 Å². The molecule has 1 aliphatic carbocycles. The lowest BCUT2D eigenvalue weighted by atomic mass is 9.96. The summed E-state index contributed by atoms with van der Waals surface area (Å²) in [7, 11) is 0. The first-order chi connectivity index (χ1) is 4.83. The topological polar surface area (TPSA) is 40.5 Å². The molecule has 0 radical (unpaired) electrons. The van der Waals surface area contributed by atoms with Crippen molar-refractivity contribution in [2.75, 3.05) is 6.61 Å². The van der Waals surface area contributed by atoms with Crippen LogP contribution in [0.15, 0.2) is 11.6 Å². The largest absolute Gasteiger partial charge is 0.396 e. The van der Waals surface area contributed by atoms with E-state index < -0.39 is 0 Å². The van der Waals surface area contributed by atoms with E-state index in [1.54, 1.807) is 0 Å². The van der Waals surface area contributed by atoms with Crippen LogP contribution < -0.4 is 0 Å². The van der Waals surface area contributed by atoms with Crippen molar-refractivity contribution in [3.8, 4) is 0 Å². The molecule has 1 rings (SSSR count). The molecular weight excluding hydrogens is 128 g/mol. The number of hydrogen-bond acceptors (Lipinski definition) is 2. The SMILES string of the molecule is OCCC1=CC(O)CCC1. The van der Waals surface area contributed by atoms with Gasteiger partial charge < -0.3 is 10.2 Å². The van der Waals surface area contributed by atoms with Crippen molar-refractivity contribution in [2.24, 2.45) is 0 Å². The molecular formula is C8H14O2. The number of aliphatic hydroxyl groups excluding tert-OH is 2. The fraction of sp³-hybridized carbons (Fsp3) is 0.750. The molecule has 2 N–H and O–H groups in total. The molecule has 0 aliphatic heterocycles. The smallest absolute Gasteiger partial charge is 0.0723 e. The standard InChI is InChI=1S/C8H14O2/c9-5-4-7-2-1-3-8(10)6-7/h6,8-10H,1-5H2. The Morgan fingerprint density at radius 2 is 2.40 bits per heavy atom. The highest BCUT2D eigenvalue weighted by atomic mass is 16.3. The minimum Gasteiger partial charge on any atom is -0.396 e. The highest BCUT2D eigenvalue weighted by Crippen LogP contribution is 2.19. The molecule has 2 heteroatoms. The van der Waals surface area contributed by atoms with Crippen molar-refractivity contribution in [1.29, 1.82) is 0 Å². The van der Waals surface area contributed by atoms with E-state index in [1.165, 1.54) is 5.57 Å². The van der Waals surface area contributed by atoms with E-state index in [0.29, 0.717) is 0 Å². The van der Waals surface area contributed by atoms with E-state index >= 15 is 0 Å². The third-order valence-corrected chi connectivity index (χ3v) is 1.86. The Morgan fingerprint density at radius 3 is 3.00 bits per heavy atom. The van der Waals surface area contributed by atoms with Gasteiger partial charge in [-0.15, -0.1) is 0 Å². The monoisotopic (exact) mass is 142 g/mol. The number of rotatable bonds is 2. The van der Waals surface area contributed by atoms with Crippen LogP contribution in [-0.4, -0.2) is 22.9 Å². The van der Waals surface area contributed by atoms with Crippen molar-refractivity contribution < 1.29 is 10.2 Å². The second-order valence-corrected chi connectivity index (χ2v) is 2.76. The molecule has 1 atom stereocenters. The van der Waals surface area contributed by atoms with Crippen molar-refractivity contribution in [3.05, 3.63) is 11.6 Å². The first-order valence-electron chi connectivity index (χ1n) is 3.81. The van der Waals surface area contributed by atoms with Gasteiger partial charge in [-0.05, 0) is 25.7 Å². The van der Waals surface area contributed by atoms with Crippen molar-refractivity contribution in [2.45, 2.75) is 31.8 Å². The van der Waals surface area contributed by atoms with Crippen molar-refractivity contribution in [3.63, 3.8) is 0 Å². The second-order valence-electron chi connectivity index (χ2n) is 2.76. The molecule has 0 amide bonds. The van der Waals surface area contributed by atoms with E-state index in [9.17, 15) is 0 Å². The van der Waals surface area contributed by atoms with Crippen LogP contribution in [-0.2, 0) is 0 Å². The third-order valence-electron chi connectivity index (χ3n) is 1.86.